The molecule has 2 fully saturated rings. The third-order valence-corrected chi connectivity index (χ3v) is 3.80. The first kappa shape index (κ1) is 10.3. The molecule has 16 heavy (non-hydrogen) atoms. The van der Waals surface area contributed by atoms with E-state index in [1.165, 1.54) is 43.6 Å². The number of nitrogens with zero attached hydrogens (tertiary/aromatic N) is 2. The summed E-state index contributed by atoms with van der Waals surface area (Å²) >= 11 is 0. The summed E-state index contributed by atoms with van der Waals surface area (Å²) in [6, 6.07) is 1.59. The Morgan fingerprint density at radius 1 is 1.50 bits per heavy atom. The van der Waals surface area contributed by atoms with E-state index in [-0.39, 0.29) is 0 Å². The van der Waals surface area contributed by atoms with Gasteiger partial charge in [0.15, 0.2) is 0 Å². The summed E-state index contributed by atoms with van der Waals surface area (Å²) in [6.07, 6.45) is 6.07. The van der Waals surface area contributed by atoms with Crippen LogP contribution in [0, 0.1) is 6.92 Å². The molecule has 0 radical (unpaired) electrons. The third kappa shape index (κ3) is 2.13. The highest BCUT2D eigenvalue weighted by molar-refractivity contribution is 5.14. The van der Waals surface area contributed by atoms with Crippen LogP contribution in [-0.4, -0.2) is 40.3 Å². The van der Waals surface area contributed by atoms with E-state index < -0.39 is 0 Å². The van der Waals surface area contributed by atoms with E-state index in [0.717, 1.165) is 12.6 Å². The highest BCUT2D eigenvalue weighted by atomic mass is 15.2. The first-order valence-corrected chi connectivity index (χ1v) is 6.29. The van der Waals surface area contributed by atoms with Crippen molar-refractivity contribution in [1.29, 1.82) is 0 Å². The van der Waals surface area contributed by atoms with Gasteiger partial charge in [-0.1, -0.05) is 0 Å². The van der Waals surface area contributed by atoms with Crippen molar-refractivity contribution >= 4 is 0 Å². The zero-order valence-corrected chi connectivity index (χ0v) is 9.87. The Morgan fingerprint density at radius 2 is 2.38 bits per heavy atom. The lowest BCUT2D eigenvalue weighted by atomic mass is 10.2. The van der Waals surface area contributed by atoms with Gasteiger partial charge in [-0.25, -0.2) is 0 Å². The molecule has 1 aromatic rings. The molecule has 1 aliphatic carbocycles. The van der Waals surface area contributed by atoms with Crippen LogP contribution < -0.4 is 5.32 Å². The highest BCUT2D eigenvalue weighted by Crippen LogP contribution is 2.29. The van der Waals surface area contributed by atoms with Crippen LogP contribution in [-0.2, 0) is 6.54 Å². The number of aryl methyl sites for hydroxylation is 1. The van der Waals surface area contributed by atoms with Gasteiger partial charge in [0.05, 0.1) is 6.20 Å². The van der Waals surface area contributed by atoms with E-state index in [2.05, 4.69) is 27.3 Å². The van der Waals surface area contributed by atoms with Crippen LogP contribution in [0.15, 0.2) is 6.20 Å². The number of hydrogen-bond donors (Lipinski definition) is 2. The second-order valence-electron chi connectivity index (χ2n) is 5.11. The molecular weight excluding hydrogens is 200 g/mol. The fraction of sp³-hybridized carbons (Fsp3) is 0.750. The van der Waals surface area contributed by atoms with Crippen molar-refractivity contribution in [2.24, 2.45) is 0 Å². The summed E-state index contributed by atoms with van der Waals surface area (Å²) in [5.74, 6) is 0. The molecule has 1 aliphatic heterocycles. The fourth-order valence-electron chi connectivity index (χ4n) is 2.53. The van der Waals surface area contributed by atoms with E-state index in [1.807, 2.05) is 6.20 Å². The summed E-state index contributed by atoms with van der Waals surface area (Å²) < 4.78 is 0. The first-order valence-electron chi connectivity index (χ1n) is 6.29. The van der Waals surface area contributed by atoms with E-state index in [9.17, 15) is 0 Å². The smallest absolute Gasteiger partial charge is 0.0535 e. The minimum Gasteiger partial charge on any atom is -0.308 e. The Hall–Kier alpha value is -0.870. The molecule has 4 nitrogen and oxygen atoms in total. The molecule has 0 aromatic carbocycles. The molecule has 1 unspecified atom stereocenters. The molecule has 3 rings (SSSR count). The summed E-state index contributed by atoms with van der Waals surface area (Å²) in [4.78, 5) is 2.64. The number of aromatic nitrogens is 2. The molecule has 4 heteroatoms. The van der Waals surface area contributed by atoms with Gasteiger partial charge in [-0.15, -0.1) is 0 Å². The van der Waals surface area contributed by atoms with Crippen LogP contribution in [0.2, 0.25) is 0 Å². The number of H-pyrrole nitrogens is 1. The van der Waals surface area contributed by atoms with Crippen LogP contribution in [0.25, 0.3) is 0 Å². The summed E-state index contributed by atoms with van der Waals surface area (Å²) in [6.45, 7) is 5.55. The SMILES string of the molecule is Cc1[nH]ncc1CNC1CCN(C2CC2)C1. The maximum atomic E-state index is 4.04. The quantitative estimate of drug-likeness (QED) is 0.797. The predicted molar refractivity (Wildman–Crippen MR) is 63.2 cm³/mol. The standard InChI is InChI=1S/C12H20N4/c1-9-10(7-14-15-9)6-13-11-4-5-16(8-11)12-2-3-12/h7,11-13H,2-6,8H2,1H3,(H,14,15). The van der Waals surface area contributed by atoms with Crippen LogP contribution >= 0.6 is 0 Å². The lowest BCUT2D eigenvalue weighted by Gasteiger charge is -2.15. The largest absolute Gasteiger partial charge is 0.308 e. The van der Waals surface area contributed by atoms with Gasteiger partial charge >= 0.3 is 0 Å². The Kier molecular flexibility index (Phi) is 2.69. The van der Waals surface area contributed by atoms with Crippen molar-refractivity contribution < 1.29 is 0 Å². The second-order valence-corrected chi connectivity index (χ2v) is 5.11. The van der Waals surface area contributed by atoms with E-state index in [1.54, 1.807) is 0 Å². The molecule has 0 spiro atoms. The Labute approximate surface area is 96.4 Å². The van der Waals surface area contributed by atoms with Crippen molar-refractivity contribution in [2.45, 2.75) is 44.8 Å². The van der Waals surface area contributed by atoms with Gasteiger partial charge in [0.1, 0.15) is 0 Å². The Morgan fingerprint density at radius 3 is 3.06 bits per heavy atom. The first-order chi connectivity index (χ1) is 7.83. The second kappa shape index (κ2) is 4.18. The highest BCUT2D eigenvalue weighted by Gasteiger charge is 2.34. The topological polar surface area (TPSA) is 44.0 Å². The van der Waals surface area contributed by atoms with Gasteiger partial charge in [0.2, 0.25) is 0 Å². The summed E-state index contributed by atoms with van der Waals surface area (Å²) in [5.41, 5.74) is 2.48. The number of likely N-dealkylation sites (tertiary alicyclic amines) is 1. The molecule has 1 saturated heterocycles. The molecule has 2 heterocycles. The van der Waals surface area contributed by atoms with Crippen molar-refractivity contribution in [3.05, 3.63) is 17.5 Å². The number of aromatic amines is 1. The fourth-order valence-corrected chi connectivity index (χ4v) is 2.53. The van der Waals surface area contributed by atoms with Gasteiger partial charge in [-0.3, -0.25) is 10.00 Å². The van der Waals surface area contributed by atoms with E-state index in [0.29, 0.717) is 6.04 Å². The normalized spacial score (nSPS) is 26.4. The molecular formula is C12H20N4. The van der Waals surface area contributed by atoms with Crippen molar-refractivity contribution in [3.63, 3.8) is 0 Å². The molecule has 0 amide bonds. The van der Waals surface area contributed by atoms with Crippen LogP contribution in [0.3, 0.4) is 0 Å². The maximum absolute atomic E-state index is 4.04. The van der Waals surface area contributed by atoms with Crippen LogP contribution in [0.1, 0.15) is 30.5 Å². The minimum atomic E-state index is 0.676. The van der Waals surface area contributed by atoms with Gasteiger partial charge in [-0.2, -0.15) is 5.10 Å². The summed E-state index contributed by atoms with van der Waals surface area (Å²) in [5, 5.41) is 10.7. The number of nitrogens with one attached hydrogen (secondary N) is 2. The average molecular weight is 220 g/mol. The van der Waals surface area contributed by atoms with Crippen molar-refractivity contribution in [1.82, 2.24) is 20.4 Å². The number of hydrogen-bond acceptors (Lipinski definition) is 3. The van der Waals surface area contributed by atoms with Crippen LogP contribution in [0.5, 0.6) is 0 Å². The van der Waals surface area contributed by atoms with Gasteiger partial charge in [0.25, 0.3) is 0 Å². The van der Waals surface area contributed by atoms with Crippen molar-refractivity contribution in [3.8, 4) is 0 Å². The Balaban J connectivity index is 1.47. The molecule has 1 atom stereocenters. The van der Waals surface area contributed by atoms with Gasteiger partial charge < -0.3 is 5.32 Å². The van der Waals surface area contributed by atoms with Crippen molar-refractivity contribution in [2.75, 3.05) is 13.1 Å². The molecule has 1 saturated carbocycles. The molecule has 2 N–H and O–H groups in total. The molecule has 88 valence electrons. The molecule has 0 bridgehead atoms. The van der Waals surface area contributed by atoms with E-state index in [4.69, 9.17) is 0 Å². The van der Waals surface area contributed by atoms with Crippen LogP contribution in [0.4, 0.5) is 0 Å². The maximum Gasteiger partial charge on any atom is 0.0535 e. The lowest BCUT2D eigenvalue weighted by Crippen LogP contribution is -2.32. The summed E-state index contributed by atoms with van der Waals surface area (Å²) in [7, 11) is 0. The molecule has 2 aliphatic rings. The molecule has 1 aromatic heterocycles. The zero-order valence-electron chi connectivity index (χ0n) is 9.87. The number of rotatable bonds is 4. The monoisotopic (exact) mass is 220 g/mol. The van der Waals surface area contributed by atoms with Gasteiger partial charge in [0, 0.05) is 43.0 Å². The zero-order chi connectivity index (χ0) is 11.0. The lowest BCUT2D eigenvalue weighted by molar-refractivity contribution is 0.317. The Bertz CT molecular complexity index is 356. The average Bonchev–Trinajstić information content (AvgIpc) is 2.89. The van der Waals surface area contributed by atoms with Gasteiger partial charge in [-0.05, 0) is 26.2 Å². The predicted octanol–water partition coefficient (Wildman–Crippen LogP) is 1.04. The van der Waals surface area contributed by atoms with E-state index >= 15 is 0 Å². The third-order valence-electron chi connectivity index (χ3n) is 3.80. The minimum absolute atomic E-state index is 0.676.